The van der Waals surface area contributed by atoms with Gasteiger partial charge in [0.1, 0.15) is 0 Å². The molecule has 1 aliphatic carbocycles. The van der Waals surface area contributed by atoms with E-state index >= 15 is 0 Å². The lowest BCUT2D eigenvalue weighted by Crippen LogP contribution is -1.98. The van der Waals surface area contributed by atoms with Gasteiger partial charge in [0.15, 0.2) is 0 Å². The van der Waals surface area contributed by atoms with Crippen LogP contribution in [0.4, 0.5) is 0 Å². The second-order valence-electron chi connectivity index (χ2n) is 1.53. The highest BCUT2D eigenvalue weighted by Crippen LogP contribution is 2.02. The van der Waals surface area contributed by atoms with Crippen molar-refractivity contribution in [1.82, 2.24) is 0 Å². The van der Waals surface area contributed by atoms with E-state index in [-0.39, 0.29) is 0 Å². The molecule has 0 aromatic heterocycles. The topological polar surface area (TPSA) is 26.0 Å². The van der Waals surface area contributed by atoms with Crippen molar-refractivity contribution < 1.29 is 0 Å². The van der Waals surface area contributed by atoms with Crippen molar-refractivity contribution in [3.63, 3.8) is 0 Å². The molecule has 0 saturated heterocycles. The molecule has 1 aliphatic rings. The zero-order valence-electron chi connectivity index (χ0n) is 4.09. The third-order valence-electron chi connectivity index (χ3n) is 0.914. The van der Waals surface area contributed by atoms with E-state index < -0.39 is 0 Å². The monoisotopic (exact) mass is 94.1 g/mol. The summed E-state index contributed by atoms with van der Waals surface area (Å²) >= 11 is 0. The van der Waals surface area contributed by atoms with Crippen LogP contribution in [0.15, 0.2) is 23.9 Å². The van der Waals surface area contributed by atoms with Crippen molar-refractivity contribution in [3.8, 4) is 0 Å². The Labute approximate surface area is 43.5 Å². The predicted octanol–water partition coefficient (Wildman–Crippen LogP) is 0.993. The molecule has 0 amide bonds. The first kappa shape index (κ1) is 4.44. The number of rotatable bonds is 0. The Morgan fingerprint density at radius 2 is 2.43 bits per heavy atom. The second-order valence-corrected chi connectivity index (χ2v) is 1.53. The SMILES string of the molecule is NC1=CC=CC[CH]1. The van der Waals surface area contributed by atoms with Gasteiger partial charge in [0.05, 0.1) is 0 Å². The van der Waals surface area contributed by atoms with Crippen LogP contribution in [0.1, 0.15) is 6.42 Å². The van der Waals surface area contributed by atoms with E-state index in [4.69, 9.17) is 5.73 Å². The molecule has 37 valence electrons. The molecule has 1 nitrogen and oxygen atoms in total. The second kappa shape index (κ2) is 1.82. The fourth-order valence-electron chi connectivity index (χ4n) is 0.530. The summed E-state index contributed by atoms with van der Waals surface area (Å²) in [6.45, 7) is 0. The third-order valence-corrected chi connectivity index (χ3v) is 0.914. The molecule has 1 radical (unpaired) electrons. The molecule has 1 heteroatoms. The first-order chi connectivity index (χ1) is 3.39. The van der Waals surface area contributed by atoms with Crippen molar-refractivity contribution in [1.29, 1.82) is 0 Å². The van der Waals surface area contributed by atoms with Gasteiger partial charge >= 0.3 is 0 Å². The Kier molecular flexibility index (Phi) is 1.16. The average molecular weight is 94.1 g/mol. The van der Waals surface area contributed by atoms with Crippen LogP contribution >= 0.6 is 0 Å². The Morgan fingerprint density at radius 3 is 2.71 bits per heavy atom. The molecule has 0 bridgehead atoms. The molecular weight excluding hydrogens is 86.1 g/mol. The van der Waals surface area contributed by atoms with E-state index in [0.717, 1.165) is 12.1 Å². The van der Waals surface area contributed by atoms with Gasteiger partial charge in [-0.05, 0) is 12.5 Å². The summed E-state index contributed by atoms with van der Waals surface area (Å²) in [5, 5.41) is 0. The van der Waals surface area contributed by atoms with E-state index in [2.05, 4.69) is 6.08 Å². The number of allylic oxidation sites excluding steroid dienone is 4. The molecule has 0 aromatic carbocycles. The zero-order chi connectivity index (χ0) is 5.11. The fourth-order valence-corrected chi connectivity index (χ4v) is 0.530. The van der Waals surface area contributed by atoms with Gasteiger partial charge in [0.2, 0.25) is 0 Å². The van der Waals surface area contributed by atoms with Crippen molar-refractivity contribution in [2.75, 3.05) is 0 Å². The summed E-state index contributed by atoms with van der Waals surface area (Å²) in [7, 11) is 0. The molecule has 0 fully saturated rings. The normalized spacial score (nSPS) is 19.1. The summed E-state index contributed by atoms with van der Waals surface area (Å²) in [6, 6.07) is 0. The molecule has 1 rings (SSSR count). The summed E-state index contributed by atoms with van der Waals surface area (Å²) in [5.41, 5.74) is 6.27. The van der Waals surface area contributed by atoms with Crippen molar-refractivity contribution in [2.24, 2.45) is 5.73 Å². The van der Waals surface area contributed by atoms with Crippen LogP contribution < -0.4 is 5.73 Å². The van der Waals surface area contributed by atoms with Crippen LogP contribution in [0, 0.1) is 6.42 Å². The van der Waals surface area contributed by atoms with Crippen LogP contribution in [-0.4, -0.2) is 0 Å². The zero-order valence-corrected chi connectivity index (χ0v) is 4.09. The van der Waals surface area contributed by atoms with Crippen LogP contribution in [0.25, 0.3) is 0 Å². The molecule has 2 N–H and O–H groups in total. The lowest BCUT2D eigenvalue weighted by atomic mass is 10.1. The van der Waals surface area contributed by atoms with E-state index in [0.29, 0.717) is 0 Å². The standard InChI is InChI=1S/C6H8N/c7-6-4-2-1-3-5-6/h1-2,4-5H,3,7H2. The number of nitrogens with two attached hydrogens (primary N) is 1. The highest BCUT2D eigenvalue weighted by molar-refractivity contribution is 5.22. The Bertz CT molecular complexity index is 111. The Balaban J connectivity index is 2.57. The maximum absolute atomic E-state index is 5.39. The summed E-state index contributed by atoms with van der Waals surface area (Å²) in [5.74, 6) is 0. The van der Waals surface area contributed by atoms with Crippen molar-refractivity contribution >= 4 is 0 Å². The Morgan fingerprint density at radius 1 is 1.57 bits per heavy atom. The molecule has 0 heterocycles. The number of hydrogen-bond donors (Lipinski definition) is 1. The van der Waals surface area contributed by atoms with Gasteiger partial charge in [-0.15, -0.1) is 0 Å². The minimum Gasteiger partial charge on any atom is -0.402 e. The lowest BCUT2D eigenvalue weighted by Gasteiger charge is -1.98. The summed E-state index contributed by atoms with van der Waals surface area (Å²) in [4.78, 5) is 0. The van der Waals surface area contributed by atoms with Gasteiger partial charge in [-0.25, -0.2) is 0 Å². The maximum atomic E-state index is 5.39. The Hall–Kier alpha value is -0.720. The van der Waals surface area contributed by atoms with E-state index in [1.54, 1.807) is 0 Å². The minimum absolute atomic E-state index is 0.877. The van der Waals surface area contributed by atoms with Crippen LogP contribution in [0.2, 0.25) is 0 Å². The van der Waals surface area contributed by atoms with Gasteiger partial charge in [-0.2, -0.15) is 0 Å². The minimum atomic E-state index is 0.877. The quantitative estimate of drug-likeness (QED) is 0.476. The van der Waals surface area contributed by atoms with Crippen LogP contribution in [-0.2, 0) is 0 Å². The molecule has 0 unspecified atom stereocenters. The van der Waals surface area contributed by atoms with E-state index in [1.807, 2.05) is 18.6 Å². The lowest BCUT2D eigenvalue weighted by molar-refractivity contribution is 1.15. The van der Waals surface area contributed by atoms with Crippen molar-refractivity contribution in [2.45, 2.75) is 6.42 Å². The fraction of sp³-hybridized carbons (Fsp3) is 0.167. The molecule has 0 saturated carbocycles. The molecule has 0 spiro atoms. The van der Waals surface area contributed by atoms with E-state index in [1.165, 1.54) is 0 Å². The van der Waals surface area contributed by atoms with Crippen molar-refractivity contribution in [3.05, 3.63) is 30.3 Å². The average Bonchev–Trinajstić information content (AvgIpc) is 1.69. The summed E-state index contributed by atoms with van der Waals surface area (Å²) in [6.07, 6.45) is 8.90. The summed E-state index contributed by atoms with van der Waals surface area (Å²) < 4.78 is 0. The molecule has 7 heavy (non-hydrogen) atoms. The predicted molar refractivity (Wildman–Crippen MR) is 30.3 cm³/mol. The van der Waals surface area contributed by atoms with Crippen LogP contribution in [0.3, 0.4) is 0 Å². The van der Waals surface area contributed by atoms with Crippen LogP contribution in [0.5, 0.6) is 0 Å². The highest BCUT2D eigenvalue weighted by Gasteiger charge is 1.89. The molecular formula is C6H8N. The first-order valence-electron chi connectivity index (χ1n) is 2.35. The number of hydrogen-bond acceptors (Lipinski definition) is 1. The van der Waals surface area contributed by atoms with Gasteiger partial charge in [-0.1, -0.05) is 12.2 Å². The largest absolute Gasteiger partial charge is 0.402 e. The smallest absolute Gasteiger partial charge is 0.0122 e. The van der Waals surface area contributed by atoms with Gasteiger partial charge in [0, 0.05) is 12.1 Å². The molecule has 0 atom stereocenters. The third kappa shape index (κ3) is 1.07. The molecule has 0 aliphatic heterocycles. The first-order valence-corrected chi connectivity index (χ1v) is 2.35. The maximum Gasteiger partial charge on any atom is 0.0122 e. The van der Waals surface area contributed by atoms with Gasteiger partial charge in [0.25, 0.3) is 0 Å². The van der Waals surface area contributed by atoms with E-state index in [9.17, 15) is 0 Å². The van der Waals surface area contributed by atoms with Gasteiger partial charge in [-0.3, -0.25) is 0 Å². The van der Waals surface area contributed by atoms with Gasteiger partial charge < -0.3 is 5.73 Å². The molecule has 0 aromatic rings. The highest BCUT2D eigenvalue weighted by atomic mass is 14.6.